The third-order valence-corrected chi connectivity index (χ3v) is 3.40. The first-order valence-corrected chi connectivity index (χ1v) is 6.29. The maximum atomic E-state index is 10.9. The molecule has 0 atom stereocenters. The summed E-state index contributed by atoms with van der Waals surface area (Å²) in [5, 5.41) is 13.1. The van der Waals surface area contributed by atoms with Gasteiger partial charge in [-0.1, -0.05) is 29.3 Å². The molecule has 0 saturated heterocycles. The van der Waals surface area contributed by atoms with Crippen LogP contribution in [0.4, 0.5) is 11.4 Å². The van der Waals surface area contributed by atoms with Gasteiger partial charge in [-0.05, 0) is 42.8 Å². The molecular formula is C14H11Cl2NO2. The highest BCUT2D eigenvalue weighted by atomic mass is 35.5. The molecule has 98 valence electrons. The molecular weight excluding hydrogens is 285 g/mol. The SMILES string of the molecule is Cc1ccc(Nc2cc(C(=O)O)ccc2Cl)cc1Cl. The maximum Gasteiger partial charge on any atom is 0.335 e. The standard InChI is InChI=1S/C14H11Cl2NO2/c1-8-2-4-10(7-12(8)16)17-13-6-9(14(18)19)3-5-11(13)15/h2-7,17H,1H3,(H,18,19). The molecule has 19 heavy (non-hydrogen) atoms. The fraction of sp³-hybridized carbons (Fsp3) is 0.0714. The fourth-order valence-electron chi connectivity index (χ4n) is 1.58. The van der Waals surface area contributed by atoms with Crippen LogP contribution in [0.25, 0.3) is 0 Å². The van der Waals surface area contributed by atoms with E-state index in [0.29, 0.717) is 15.7 Å². The van der Waals surface area contributed by atoms with Gasteiger partial charge in [-0.2, -0.15) is 0 Å². The number of carbonyl (C=O) groups is 1. The van der Waals surface area contributed by atoms with Gasteiger partial charge in [0.1, 0.15) is 0 Å². The molecule has 0 fully saturated rings. The number of benzene rings is 2. The van der Waals surface area contributed by atoms with E-state index in [0.717, 1.165) is 11.3 Å². The van der Waals surface area contributed by atoms with Crippen molar-refractivity contribution in [2.45, 2.75) is 6.92 Å². The highest BCUT2D eigenvalue weighted by molar-refractivity contribution is 6.33. The van der Waals surface area contributed by atoms with Crippen molar-refractivity contribution in [2.75, 3.05) is 5.32 Å². The summed E-state index contributed by atoms with van der Waals surface area (Å²) in [6.45, 7) is 1.91. The van der Waals surface area contributed by atoms with Gasteiger partial charge < -0.3 is 10.4 Å². The normalized spacial score (nSPS) is 10.3. The van der Waals surface area contributed by atoms with Crippen LogP contribution >= 0.6 is 23.2 Å². The Hall–Kier alpha value is -1.71. The van der Waals surface area contributed by atoms with Crippen LogP contribution in [0.3, 0.4) is 0 Å². The first-order valence-electron chi connectivity index (χ1n) is 5.53. The summed E-state index contributed by atoms with van der Waals surface area (Å²) in [7, 11) is 0. The summed E-state index contributed by atoms with van der Waals surface area (Å²) in [4.78, 5) is 10.9. The summed E-state index contributed by atoms with van der Waals surface area (Å²) in [5.41, 5.74) is 2.42. The molecule has 2 aromatic carbocycles. The Morgan fingerprint density at radius 1 is 1.11 bits per heavy atom. The second-order valence-electron chi connectivity index (χ2n) is 4.09. The van der Waals surface area contributed by atoms with E-state index in [1.54, 1.807) is 12.1 Å². The molecule has 0 amide bonds. The van der Waals surface area contributed by atoms with Crippen LogP contribution in [0.5, 0.6) is 0 Å². The van der Waals surface area contributed by atoms with Gasteiger partial charge in [-0.25, -0.2) is 4.79 Å². The lowest BCUT2D eigenvalue weighted by molar-refractivity contribution is 0.0697. The Morgan fingerprint density at radius 2 is 1.84 bits per heavy atom. The lowest BCUT2D eigenvalue weighted by atomic mass is 10.2. The first-order chi connectivity index (χ1) is 8.97. The second-order valence-corrected chi connectivity index (χ2v) is 4.90. The van der Waals surface area contributed by atoms with Crippen LogP contribution in [0, 0.1) is 6.92 Å². The van der Waals surface area contributed by atoms with Crippen LogP contribution in [0.2, 0.25) is 10.0 Å². The van der Waals surface area contributed by atoms with Crippen LogP contribution in [-0.4, -0.2) is 11.1 Å². The minimum Gasteiger partial charge on any atom is -0.478 e. The number of aromatic carboxylic acids is 1. The molecule has 3 nitrogen and oxygen atoms in total. The number of aryl methyl sites for hydroxylation is 1. The minimum absolute atomic E-state index is 0.171. The van der Waals surface area contributed by atoms with Gasteiger partial charge in [0, 0.05) is 10.7 Å². The average molecular weight is 296 g/mol. The third kappa shape index (κ3) is 3.19. The molecule has 0 aliphatic rings. The molecule has 0 aliphatic heterocycles. The van der Waals surface area contributed by atoms with Crippen molar-refractivity contribution < 1.29 is 9.90 Å². The van der Waals surface area contributed by atoms with E-state index in [1.165, 1.54) is 12.1 Å². The number of carboxylic acids is 1. The number of anilines is 2. The van der Waals surface area contributed by atoms with Gasteiger partial charge in [0.25, 0.3) is 0 Å². The van der Waals surface area contributed by atoms with Crippen molar-refractivity contribution in [3.8, 4) is 0 Å². The van der Waals surface area contributed by atoms with Gasteiger partial charge in [0.05, 0.1) is 16.3 Å². The Bertz CT molecular complexity index is 641. The molecule has 0 heterocycles. The zero-order valence-electron chi connectivity index (χ0n) is 10.1. The summed E-state index contributed by atoms with van der Waals surface area (Å²) in [6, 6.07) is 9.98. The van der Waals surface area contributed by atoms with Crippen molar-refractivity contribution >= 4 is 40.5 Å². The lowest BCUT2D eigenvalue weighted by Gasteiger charge is -2.10. The predicted octanol–water partition coefficient (Wildman–Crippen LogP) is 4.74. The molecule has 0 bridgehead atoms. The summed E-state index contributed by atoms with van der Waals surface area (Å²) < 4.78 is 0. The number of hydrogen-bond acceptors (Lipinski definition) is 2. The average Bonchev–Trinajstić information content (AvgIpc) is 2.36. The Morgan fingerprint density at radius 3 is 2.47 bits per heavy atom. The molecule has 2 rings (SSSR count). The Labute approximate surface area is 120 Å². The number of carboxylic acid groups (broad SMARTS) is 1. The van der Waals surface area contributed by atoms with Gasteiger partial charge in [0.15, 0.2) is 0 Å². The number of halogens is 2. The fourth-order valence-corrected chi connectivity index (χ4v) is 1.93. The van der Waals surface area contributed by atoms with Crippen molar-refractivity contribution in [1.29, 1.82) is 0 Å². The quantitative estimate of drug-likeness (QED) is 0.859. The van der Waals surface area contributed by atoms with Crippen molar-refractivity contribution in [2.24, 2.45) is 0 Å². The zero-order chi connectivity index (χ0) is 14.0. The number of rotatable bonds is 3. The maximum absolute atomic E-state index is 10.9. The molecule has 5 heteroatoms. The van der Waals surface area contributed by atoms with Crippen LogP contribution in [-0.2, 0) is 0 Å². The molecule has 0 spiro atoms. The highest BCUT2D eigenvalue weighted by Gasteiger charge is 2.08. The zero-order valence-corrected chi connectivity index (χ0v) is 11.6. The predicted molar refractivity (Wildman–Crippen MR) is 77.9 cm³/mol. The van der Waals surface area contributed by atoms with Crippen LogP contribution in [0.15, 0.2) is 36.4 Å². The topological polar surface area (TPSA) is 49.3 Å². The smallest absolute Gasteiger partial charge is 0.335 e. The van der Waals surface area contributed by atoms with Gasteiger partial charge in [0.2, 0.25) is 0 Å². The van der Waals surface area contributed by atoms with Crippen molar-refractivity contribution in [1.82, 2.24) is 0 Å². The Kier molecular flexibility index (Phi) is 3.98. The molecule has 2 aromatic rings. The van der Waals surface area contributed by atoms with E-state index in [-0.39, 0.29) is 5.56 Å². The first kappa shape index (κ1) is 13.7. The molecule has 2 N–H and O–H groups in total. The van der Waals surface area contributed by atoms with E-state index >= 15 is 0 Å². The van der Waals surface area contributed by atoms with E-state index in [9.17, 15) is 4.79 Å². The highest BCUT2D eigenvalue weighted by Crippen LogP contribution is 2.28. The molecule has 0 aliphatic carbocycles. The van der Waals surface area contributed by atoms with Crippen molar-refractivity contribution in [3.63, 3.8) is 0 Å². The van der Waals surface area contributed by atoms with E-state index in [1.807, 2.05) is 19.1 Å². The largest absolute Gasteiger partial charge is 0.478 e. The second kappa shape index (κ2) is 5.51. The summed E-state index contributed by atoms with van der Waals surface area (Å²) >= 11 is 12.1. The van der Waals surface area contributed by atoms with E-state index in [2.05, 4.69) is 5.32 Å². The van der Waals surface area contributed by atoms with Crippen LogP contribution < -0.4 is 5.32 Å². The molecule has 0 unspecified atom stereocenters. The van der Waals surface area contributed by atoms with Crippen molar-refractivity contribution in [3.05, 3.63) is 57.6 Å². The molecule has 0 radical (unpaired) electrons. The third-order valence-electron chi connectivity index (χ3n) is 2.66. The van der Waals surface area contributed by atoms with E-state index < -0.39 is 5.97 Å². The van der Waals surface area contributed by atoms with Gasteiger partial charge in [-0.15, -0.1) is 0 Å². The van der Waals surface area contributed by atoms with Crippen LogP contribution in [0.1, 0.15) is 15.9 Å². The summed E-state index contributed by atoms with van der Waals surface area (Å²) in [5.74, 6) is -0.998. The number of nitrogens with one attached hydrogen (secondary N) is 1. The Balaban J connectivity index is 2.34. The van der Waals surface area contributed by atoms with E-state index in [4.69, 9.17) is 28.3 Å². The minimum atomic E-state index is -0.998. The molecule has 0 saturated carbocycles. The number of hydrogen-bond donors (Lipinski definition) is 2. The van der Waals surface area contributed by atoms with Gasteiger partial charge in [-0.3, -0.25) is 0 Å². The summed E-state index contributed by atoms with van der Waals surface area (Å²) in [6.07, 6.45) is 0. The monoisotopic (exact) mass is 295 g/mol. The molecule has 0 aromatic heterocycles. The van der Waals surface area contributed by atoms with Gasteiger partial charge >= 0.3 is 5.97 Å². The lowest BCUT2D eigenvalue weighted by Crippen LogP contribution is -1.98.